The van der Waals surface area contributed by atoms with Crippen LogP contribution < -0.4 is 9.57 Å². The number of benzene rings is 1. The highest BCUT2D eigenvalue weighted by Gasteiger charge is 2.12. The fourth-order valence-corrected chi connectivity index (χ4v) is 2.11. The zero-order valence-corrected chi connectivity index (χ0v) is 9.94. The predicted molar refractivity (Wildman–Crippen MR) is 66.7 cm³/mol. The average Bonchev–Trinajstić information content (AvgIpc) is 2.92. The second-order valence-corrected chi connectivity index (χ2v) is 4.38. The Kier molecular flexibility index (Phi) is 2.77. The Balaban J connectivity index is 1.81. The van der Waals surface area contributed by atoms with Gasteiger partial charge in [-0.05, 0) is 24.3 Å². The van der Waals surface area contributed by atoms with Crippen LogP contribution in [0, 0.1) is 0 Å². The van der Waals surface area contributed by atoms with Gasteiger partial charge in [-0.1, -0.05) is 0 Å². The first-order chi connectivity index (χ1) is 8.83. The highest BCUT2D eigenvalue weighted by molar-refractivity contribution is 7.97. The number of ether oxygens (including phenoxy) is 1. The van der Waals surface area contributed by atoms with Gasteiger partial charge >= 0.3 is 5.97 Å². The summed E-state index contributed by atoms with van der Waals surface area (Å²) >= 11 is 1.37. The van der Waals surface area contributed by atoms with Crippen LogP contribution in [0.2, 0.25) is 0 Å². The summed E-state index contributed by atoms with van der Waals surface area (Å²) in [6.45, 7) is 0. The normalized spacial score (nSPS) is 12.7. The molecule has 3 rings (SSSR count). The number of nitrogens with zero attached hydrogens (tertiary/aromatic N) is 1. The van der Waals surface area contributed by atoms with Crippen molar-refractivity contribution >= 4 is 24.1 Å². The van der Waals surface area contributed by atoms with E-state index in [2.05, 4.69) is 9.93 Å². The molecule has 0 saturated carbocycles. The lowest BCUT2D eigenvalue weighted by atomic mass is 10.2. The molecule has 5 nitrogen and oxygen atoms in total. The van der Waals surface area contributed by atoms with Crippen LogP contribution in [0.4, 0.5) is 0 Å². The molecule has 0 radical (unpaired) electrons. The lowest BCUT2D eigenvalue weighted by Gasteiger charge is -2.11. The minimum absolute atomic E-state index is 0.389. The number of hydrazone groups is 1. The van der Waals surface area contributed by atoms with Gasteiger partial charge in [0, 0.05) is 22.4 Å². The van der Waals surface area contributed by atoms with Gasteiger partial charge < -0.3 is 9.15 Å². The van der Waals surface area contributed by atoms with Crippen molar-refractivity contribution in [3.63, 3.8) is 0 Å². The molecule has 1 aliphatic rings. The van der Waals surface area contributed by atoms with E-state index in [-0.39, 0.29) is 0 Å². The van der Waals surface area contributed by atoms with Crippen LogP contribution in [0.1, 0.15) is 15.9 Å². The summed E-state index contributed by atoms with van der Waals surface area (Å²) in [5.74, 6) is 0.0516. The molecule has 0 aliphatic carbocycles. The first-order valence-electron chi connectivity index (χ1n) is 5.16. The fourth-order valence-electron chi connectivity index (χ4n) is 1.49. The lowest BCUT2D eigenvalue weighted by molar-refractivity contribution is 0.0733. The van der Waals surface area contributed by atoms with Crippen LogP contribution in [0.15, 0.2) is 51.2 Å². The molecule has 0 atom stereocenters. The van der Waals surface area contributed by atoms with Crippen molar-refractivity contribution in [2.75, 3.05) is 0 Å². The van der Waals surface area contributed by atoms with Gasteiger partial charge in [0.05, 0.1) is 18.0 Å². The van der Waals surface area contributed by atoms with Crippen LogP contribution in [0.3, 0.4) is 0 Å². The second-order valence-electron chi connectivity index (χ2n) is 3.55. The topological polar surface area (TPSA) is 63.8 Å². The molecular formula is C12H8N2O3S. The molecule has 1 aromatic carbocycles. The Morgan fingerprint density at radius 3 is 3.17 bits per heavy atom. The number of nitrogens with one attached hydrogen (secondary N) is 1. The standard InChI is InChI=1S/C12H8N2O3S/c15-12(9-3-4-16-7-9)17-10-2-1-8-6-13-14-18-11(8)5-10/h1-7,14H. The van der Waals surface area contributed by atoms with Gasteiger partial charge in [-0.2, -0.15) is 5.10 Å². The maximum absolute atomic E-state index is 11.7. The van der Waals surface area contributed by atoms with E-state index in [1.54, 1.807) is 24.4 Å². The number of furan rings is 1. The molecule has 1 aromatic heterocycles. The van der Waals surface area contributed by atoms with Gasteiger partial charge in [0.25, 0.3) is 0 Å². The molecule has 6 heteroatoms. The predicted octanol–water partition coefficient (Wildman–Crippen LogP) is 2.44. The second kappa shape index (κ2) is 4.58. The Morgan fingerprint density at radius 1 is 1.39 bits per heavy atom. The van der Waals surface area contributed by atoms with Crippen molar-refractivity contribution in [2.24, 2.45) is 5.10 Å². The van der Waals surface area contributed by atoms with E-state index in [0.717, 1.165) is 10.5 Å². The van der Waals surface area contributed by atoms with E-state index in [4.69, 9.17) is 9.15 Å². The summed E-state index contributed by atoms with van der Waals surface area (Å²) < 4.78 is 10.1. The van der Waals surface area contributed by atoms with Crippen molar-refractivity contribution in [2.45, 2.75) is 4.90 Å². The van der Waals surface area contributed by atoms with E-state index >= 15 is 0 Å². The number of esters is 1. The molecule has 0 saturated heterocycles. The molecule has 1 N–H and O–H groups in total. The summed E-state index contributed by atoms with van der Waals surface area (Å²) in [6.07, 6.45) is 4.50. The minimum atomic E-state index is -0.439. The van der Waals surface area contributed by atoms with Gasteiger partial charge in [-0.25, -0.2) is 9.63 Å². The number of fused-ring (bicyclic) bond motifs is 1. The van der Waals surface area contributed by atoms with E-state index in [9.17, 15) is 4.79 Å². The summed E-state index contributed by atoms with van der Waals surface area (Å²) in [5.41, 5.74) is 1.38. The molecule has 1 aliphatic heterocycles. The van der Waals surface area contributed by atoms with Crippen LogP contribution in [0.5, 0.6) is 5.75 Å². The van der Waals surface area contributed by atoms with E-state index in [1.165, 1.54) is 24.5 Å². The third kappa shape index (κ3) is 2.10. The number of carbonyl (C=O) groups excluding carboxylic acids is 1. The lowest BCUT2D eigenvalue weighted by Crippen LogP contribution is -2.08. The Bertz CT molecular complexity index is 608. The van der Waals surface area contributed by atoms with E-state index in [1.807, 2.05) is 6.07 Å². The molecule has 2 aromatic rings. The zero-order chi connectivity index (χ0) is 12.4. The smallest absolute Gasteiger partial charge is 0.346 e. The first kappa shape index (κ1) is 10.9. The number of carbonyl (C=O) groups is 1. The molecule has 0 amide bonds. The molecular weight excluding hydrogens is 252 g/mol. The molecule has 0 fully saturated rings. The van der Waals surface area contributed by atoms with Crippen LogP contribution in [0.25, 0.3) is 0 Å². The zero-order valence-electron chi connectivity index (χ0n) is 9.12. The van der Waals surface area contributed by atoms with Crippen LogP contribution >= 0.6 is 11.9 Å². The number of hydrogen-bond donors (Lipinski definition) is 1. The molecule has 90 valence electrons. The minimum Gasteiger partial charge on any atom is -0.472 e. The molecule has 0 bridgehead atoms. The van der Waals surface area contributed by atoms with Crippen molar-refractivity contribution in [1.29, 1.82) is 0 Å². The number of hydrogen-bond acceptors (Lipinski definition) is 6. The van der Waals surface area contributed by atoms with Crippen LogP contribution in [-0.4, -0.2) is 12.2 Å². The Labute approximate surface area is 107 Å². The molecule has 0 spiro atoms. The van der Waals surface area contributed by atoms with Gasteiger partial charge in [0.15, 0.2) is 0 Å². The van der Waals surface area contributed by atoms with E-state index < -0.39 is 5.97 Å². The average molecular weight is 260 g/mol. The quantitative estimate of drug-likeness (QED) is 0.510. The summed E-state index contributed by atoms with van der Waals surface area (Å²) in [6, 6.07) is 6.93. The van der Waals surface area contributed by atoms with Crippen molar-refractivity contribution in [3.05, 3.63) is 47.9 Å². The largest absolute Gasteiger partial charge is 0.472 e. The highest BCUT2D eigenvalue weighted by Crippen LogP contribution is 2.27. The maximum Gasteiger partial charge on any atom is 0.346 e. The van der Waals surface area contributed by atoms with Crippen molar-refractivity contribution < 1.29 is 13.9 Å². The third-order valence-electron chi connectivity index (χ3n) is 2.36. The first-order valence-corrected chi connectivity index (χ1v) is 5.98. The summed E-state index contributed by atoms with van der Waals surface area (Å²) in [4.78, 5) is 15.5. The SMILES string of the molecule is O=C(Oc1ccc2c(c1)SNN=C2)c1ccoc1. The Hall–Kier alpha value is -2.21. The monoisotopic (exact) mass is 260 g/mol. The highest BCUT2D eigenvalue weighted by atomic mass is 32.2. The Morgan fingerprint density at radius 2 is 2.33 bits per heavy atom. The maximum atomic E-state index is 11.7. The molecule has 0 unspecified atom stereocenters. The van der Waals surface area contributed by atoms with Gasteiger partial charge in [0.2, 0.25) is 0 Å². The van der Waals surface area contributed by atoms with Crippen molar-refractivity contribution in [1.82, 2.24) is 4.83 Å². The molecule has 2 heterocycles. The number of rotatable bonds is 2. The fraction of sp³-hybridized carbons (Fsp3) is 0. The van der Waals surface area contributed by atoms with Gasteiger partial charge in [-0.15, -0.1) is 0 Å². The van der Waals surface area contributed by atoms with Crippen LogP contribution in [-0.2, 0) is 0 Å². The summed E-state index contributed by atoms with van der Waals surface area (Å²) in [5, 5.41) is 3.92. The third-order valence-corrected chi connectivity index (χ3v) is 3.13. The molecule has 18 heavy (non-hydrogen) atoms. The summed E-state index contributed by atoms with van der Waals surface area (Å²) in [7, 11) is 0. The van der Waals surface area contributed by atoms with Crippen molar-refractivity contribution in [3.8, 4) is 5.75 Å². The van der Waals surface area contributed by atoms with Gasteiger partial charge in [-0.3, -0.25) is 0 Å². The van der Waals surface area contributed by atoms with Gasteiger partial charge in [0.1, 0.15) is 12.0 Å². The van der Waals surface area contributed by atoms with E-state index in [0.29, 0.717) is 11.3 Å².